The summed E-state index contributed by atoms with van der Waals surface area (Å²) in [6.45, 7) is 2.15. The number of amides is 1. The molecule has 0 aliphatic heterocycles. The van der Waals surface area contributed by atoms with Gasteiger partial charge < -0.3 is 29.2 Å². The van der Waals surface area contributed by atoms with E-state index >= 15 is 0 Å². The number of aromatic nitrogens is 1. The van der Waals surface area contributed by atoms with Gasteiger partial charge in [0.1, 0.15) is 5.75 Å². The molecule has 4 aromatic rings. The molecule has 0 fully saturated rings. The Morgan fingerprint density at radius 2 is 1.69 bits per heavy atom. The predicted molar refractivity (Wildman–Crippen MR) is 176 cm³/mol. The highest BCUT2D eigenvalue weighted by atomic mass is 16.7. The van der Waals surface area contributed by atoms with Crippen molar-refractivity contribution in [2.75, 3.05) is 26.1 Å². The van der Waals surface area contributed by atoms with Gasteiger partial charge >= 0.3 is 5.97 Å². The summed E-state index contributed by atoms with van der Waals surface area (Å²) in [4.78, 5) is 23.8. The van der Waals surface area contributed by atoms with Crippen molar-refractivity contribution >= 4 is 34.0 Å². The van der Waals surface area contributed by atoms with Crippen molar-refractivity contribution in [2.24, 2.45) is 5.92 Å². The van der Waals surface area contributed by atoms with Crippen LogP contribution in [0, 0.1) is 5.92 Å². The maximum Gasteiger partial charge on any atom is 0.303 e. The summed E-state index contributed by atoms with van der Waals surface area (Å²) in [7, 11) is 3.26. The van der Waals surface area contributed by atoms with Crippen LogP contribution >= 0.6 is 0 Å². The van der Waals surface area contributed by atoms with Gasteiger partial charge in [-0.1, -0.05) is 60.7 Å². The van der Waals surface area contributed by atoms with E-state index in [-0.39, 0.29) is 30.9 Å². The van der Waals surface area contributed by atoms with Crippen LogP contribution in [-0.4, -0.2) is 48.2 Å². The van der Waals surface area contributed by atoms with Gasteiger partial charge in [-0.15, -0.1) is 0 Å². The average molecular weight is 607 g/mol. The van der Waals surface area contributed by atoms with E-state index in [4.69, 9.17) is 19.3 Å². The van der Waals surface area contributed by atoms with E-state index in [1.165, 1.54) is 5.56 Å². The normalized spacial score (nSPS) is 15.2. The van der Waals surface area contributed by atoms with Gasteiger partial charge in [-0.25, -0.2) is 0 Å². The second-order valence-electron chi connectivity index (χ2n) is 10.9. The summed E-state index contributed by atoms with van der Waals surface area (Å²) in [5.74, 6) is -1.45. The number of anilines is 1. The third-order valence-corrected chi connectivity index (χ3v) is 8.01. The Bertz CT molecular complexity index is 1720. The number of carbonyl (C=O) groups is 2. The summed E-state index contributed by atoms with van der Waals surface area (Å²) in [5, 5.41) is 12.8. The zero-order valence-electron chi connectivity index (χ0n) is 25.7. The summed E-state index contributed by atoms with van der Waals surface area (Å²) in [6, 6.07) is 25.9. The Balaban J connectivity index is 1.36. The Morgan fingerprint density at radius 1 is 0.978 bits per heavy atom. The molecule has 45 heavy (non-hydrogen) atoms. The van der Waals surface area contributed by atoms with Crippen LogP contribution in [0.5, 0.6) is 5.75 Å². The highest BCUT2D eigenvalue weighted by Gasteiger charge is 2.30. The Labute approximate surface area is 263 Å². The molecule has 2 N–H and O–H groups in total. The first-order chi connectivity index (χ1) is 21.8. The molecule has 232 valence electrons. The zero-order chi connectivity index (χ0) is 31.8. The topological polar surface area (TPSA) is 99.0 Å². The van der Waals surface area contributed by atoms with Gasteiger partial charge in [-0.05, 0) is 72.5 Å². The number of allylic oxidation sites excluding steroid dienone is 3. The molecule has 1 aliphatic rings. The third-order valence-electron chi connectivity index (χ3n) is 8.01. The molecule has 1 unspecified atom stereocenters. The number of carboxylic acid groups (broad SMARTS) is 1. The second-order valence-corrected chi connectivity index (χ2v) is 10.9. The Hall–Kier alpha value is -4.92. The molecule has 1 aromatic heterocycles. The first-order valence-electron chi connectivity index (χ1n) is 14.9. The number of rotatable bonds is 13. The molecule has 0 bridgehead atoms. The quantitative estimate of drug-likeness (QED) is 0.0720. The SMILES string of the molecule is COC1(OC)C=CC(C(c2ccccc2)n2ccc3cc(/C(C)=C/C(=O)Nc4ccccc4OCCCC(=O)O)ccc32)C=C1. The number of nitrogens with one attached hydrogen (secondary N) is 1. The molecule has 1 heterocycles. The molecule has 0 saturated heterocycles. The fourth-order valence-corrected chi connectivity index (χ4v) is 5.60. The smallest absolute Gasteiger partial charge is 0.303 e. The molecular formula is C37H38N2O6. The van der Waals surface area contributed by atoms with Crippen LogP contribution in [0.1, 0.15) is 36.9 Å². The monoisotopic (exact) mass is 606 g/mol. The van der Waals surface area contributed by atoms with Gasteiger partial charge in [0.2, 0.25) is 11.7 Å². The van der Waals surface area contributed by atoms with Crippen LogP contribution < -0.4 is 10.1 Å². The molecule has 8 heteroatoms. The van der Waals surface area contributed by atoms with E-state index in [0.29, 0.717) is 17.9 Å². The maximum absolute atomic E-state index is 13.0. The van der Waals surface area contributed by atoms with Gasteiger partial charge in [-0.2, -0.15) is 0 Å². The first-order valence-corrected chi connectivity index (χ1v) is 14.9. The number of para-hydroxylation sites is 2. The van der Waals surface area contributed by atoms with Crippen molar-refractivity contribution in [3.63, 3.8) is 0 Å². The van der Waals surface area contributed by atoms with Crippen LogP contribution in [0.3, 0.4) is 0 Å². The van der Waals surface area contributed by atoms with Crippen LogP contribution in [-0.2, 0) is 19.1 Å². The third kappa shape index (κ3) is 7.42. The highest BCUT2D eigenvalue weighted by molar-refractivity contribution is 6.05. The lowest BCUT2D eigenvalue weighted by atomic mass is 9.88. The fourth-order valence-electron chi connectivity index (χ4n) is 5.60. The van der Waals surface area contributed by atoms with E-state index in [2.05, 4.69) is 70.7 Å². The average Bonchev–Trinajstić information content (AvgIpc) is 3.47. The van der Waals surface area contributed by atoms with Crippen LogP contribution in [0.25, 0.3) is 16.5 Å². The Morgan fingerprint density at radius 3 is 2.40 bits per heavy atom. The number of hydrogen-bond donors (Lipinski definition) is 2. The van der Waals surface area contributed by atoms with E-state index < -0.39 is 11.8 Å². The van der Waals surface area contributed by atoms with Crippen LogP contribution in [0.15, 0.2) is 115 Å². The number of nitrogens with zero attached hydrogens (tertiary/aromatic N) is 1. The number of aliphatic carboxylic acids is 1. The largest absolute Gasteiger partial charge is 0.491 e. The van der Waals surface area contributed by atoms with Crippen LogP contribution in [0.4, 0.5) is 5.69 Å². The standard InChI is InChI=1S/C37H38N2O6/c1-26(24-34(40)38-31-12-7-8-13-33(31)45-23-9-14-35(41)42)29-15-16-32-30(25-29)19-22-39(32)36(27-10-5-4-6-11-27)28-17-20-37(43-2,44-3)21-18-28/h4-8,10-13,15-22,24-25,28,36H,9,14,23H2,1-3H3,(H,38,40)(H,41,42)/b26-24+. The number of methoxy groups -OCH3 is 2. The molecule has 1 aliphatic carbocycles. The number of carboxylic acids is 1. The van der Waals surface area contributed by atoms with Gasteiger partial charge in [-0.3, -0.25) is 9.59 Å². The minimum Gasteiger partial charge on any atom is -0.491 e. The molecule has 8 nitrogen and oxygen atoms in total. The van der Waals surface area contributed by atoms with Crippen molar-refractivity contribution < 1.29 is 28.9 Å². The van der Waals surface area contributed by atoms with Gasteiger partial charge in [0.15, 0.2) is 0 Å². The van der Waals surface area contributed by atoms with Crippen molar-refractivity contribution in [1.82, 2.24) is 4.57 Å². The lowest BCUT2D eigenvalue weighted by Crippen LogP contribution is -2.32. The number of carbonyl (C=O) groups excluding carboxylic acids is 1. The maximum atomic E-state index is 13.0. The molecular weight excluding hydrogens is 568 g/mol. The molecule has 1 atom stereocenters. The number of hydrogen-bond acceptors (Lipinski definition) is 5. The molecule has 0 spiro atoms. The molecule has 0 saturated carbocycles. The molecule has 0 radical (unpaired) electrons. The summed E-state index contributed by atoms with van der Waals surface area (Å²) in [5.41, 5.74) is 4.54. The van der Waals surface area contributed by atoms with Gasteiger partial charge in [0.25, 0.3) is 0 Å². The number of ether oxygens (including phenoxy) is 3. The number of fused-ring (bicyclic) bond motifs is 1. The zero-order valence-corrected chi connectivity index (χ0v) is 25.7. The summed E-state index contributed by atoms with van der Waals surface area (Å²) >= 11 is 0. The lowest BCUT2D eigenvalue weighted by Gasteiger charge is -2.32. The van der Waals surface area contributed by atoms with E-state index in [1.54, 1.807) is 38.5 Å². The van der Waals surface area contributed by atoms with Crippen molar-refractivity contribution in [3.8, 4) is 5.75 Å². The summed E-state index contributed by atoms with van der Waals surface area (Å²) < 4.78 is 19.2. The highest BCUT2D eigenvalue weighted by Crippen LogP contribution is 2.37. The van der Waals surface area contributed by atoms with Crippen molar-refractivity contribution in [3.05, 3.63) is 127 Å². The number of benzene rings is 3. The molecule has 5 rings (SSSR count). The Kier molecular flexibility index (Phi) is 9.97. The minimum atomic E-state index is -0.869. The van der Waals surface area contributed by atoms with Crippen LogP contribution in [0.2, 0.25) is 0 Å². The van der Waals surface area contributed by atoms with Gasteiger partial charge in [0.05, 0.1) is 18.3 Å². The molecule has 3 aromatic carbocycles. The predicted octanol–water partition coefficient (Wildman–Crippen LogP) is 7.25. The van der Waals surface area contributed by atoms with E-state index in [1.807, 2.05) is 37.3 Å². The lowest BCUT2D eigenvalue weighted by molar-refractivity contribution is -0.137. The summed E-state index contributed by atoms with van der Waals surface area (Å²) in [6.07, 6.45) is 12.3. The fraction of sp³-hybridized carbons (Fsp3) is 0.243. The van der Waals surface area contributed by atoms with Gasteiger partial charge in [0, 0.05) is 49.7 Å². The van der Waals surface area contributed by atoms with E-state index in [9.17, 15) is 9.59 Å². The van der Waals surface area contributed by atoms with Crippen molar-refractivity contribution in [1.29, 1.82) is 0 Å². The first kappa shape index (κ1) is 31.5. The van der Waals surface area contributed by atoms with Crippen molar-refractivity contribution in [2.45, 2.75) is 31.6 Å². The minimum absolute atomic E-state index is 0.00240. The second kappa shape index (κ2) is 14.2. The van der Waals surface area contributed by atoms with E-state index in [0.717, 1.165) is 22.0 Å². The molecule has 1 amide bonds.